The fourth-order valence-electron chi connectivity index (χ4n) is 2.65. The Bertz CT molecular complexity index is 977. The van der Waals surface area contributed by atoms with Gasteiger partial charge in [-0.15, -0.1) is 0 Å². The van der Waals surface area contributed by atoms with Crippen LogP contribution in [0.4, 0.5) is 0 Å². The molecule has 24 heavy (non-hydrogen) atoms. The van der Waals surface area contributed by atoms with Gasteiger partial charge in [-0.05, 0) is 42.8 Å². The van der Waals surface area contributed by atoms with E-state index in [0.717, 1.165) is 22.5 Å². The van der Waals surface area contributed by atoms with E-state index in [-0.39, 0.29) is 4.90 Å². The van der Waals surface area contributed by atoms with Crippen LogP contribution in [0, 0.1) is 6.92 Å². The summed E-state index contributed by atoms with van der Waals surface area (Å²) in [5.41, 5.74) is 4.07. The fourth-order valence-corrected chi connectivity index (χ4v) is 3.40. The molecule has 0 aliphatic carbocycles. The largest absolute Gasteiger partial charge is 0.340 e. The summed E-state index contributed by atoms with van der Waals surface area (Å²) in [5.74, 6) is 0. The number of hydrogen-bond donors (Lipinski definition) is 1. The molecule has 2 N–H and O–H groups in total. The van der Waals surface area contributed by atoms with Crippen molar-refractivity contribution in [3.8, 4) is 11.3 Å². The molecule has 0 unspecified atom stereocenters. The van der Waals surface area contributed by atoms with Gasteiger partial charge in [0.15, 0.2) is 0 Å². The van der Waals surface area contributed by atoms with Crippen molar-refractivity contribution in [2.45, 2.75) is 18.4 Å². The molecule has 0 saturated carbocycles. The van der Waals surface area contributed by atoms with E-state index in [2.05, 4.69) is 4.57 Å². The molecule has 0 amide bonds. The molecular weight excluding hydrogens is 344 g/mol. The van der Waals surface area contributed by atoms with Crippen molar-refractivity contribution >= 4 is 21.6 Å². The second-order valence-electron chi connectivity index (χ2n) is 5.61. The zero-order valence-corrected chi connectivity index (χ0v) is 14.7. The number of aromatic nitrogens is 1. The predicted molar refractivity (Wildman–Crippen MR) is 96.5 cm³/mol. The van der Waals surface area contributed by atoms with Crippen LogP contribution in [0.25, 0.3) is 11.3 Å². The normalized spacial score (nSPS) is 11.6. The number of halogens is 1. The molecule has 2 aromatic carbocycles. The summed E-state index contributed by atoms with van der Waals surface area (Å²) in [6.45, 7) is 2.64. The van der Waals surface area contributed by atoms with Crippen LogP contribution in [0.3, 0.4) is 0 Å². The maximum absolute atomic E-state index is 11.3. The van der Waals surface area contributed by atoms with Crippen LogP contribution in [0.5, 0.6) is 0 Å². The first kappa shape index (κ1) is 16.8. The monoisotopic (exact) mass is 360 g/mol. The molecule has 0 bridgehead atoms. The second-order valence-corrected chi connectivity index (χ2v) is 7.58. The van der Waals surface area contributed by atoms with E-state index in [1.165, 1.54) is 12.1 Å². The number of rotatable bonds is 4. The number of sulfonamides is 1. The van der Waals surface area contributed by atoms with Gasteiger partial charge in [-0.3, -0.25) is 0 Å². The standard InChI is InChI=1S/C18H17ClN2O2S/c1-13-6-11-18(16-4-2-3-5-17(16)19)21(13)12-14-7-9-15(10-8-14)24(20,22)23/h2-11H,12H2,1H3,(H2,20,22,23). The van der Waals surface area contributed by atoms with Gasteiger partial charge in [-0.2, -0.15) is 0 Å². The lowest BCUT2D eigenvalue weighted by atomic mass is 10.1. The van der Waals surface area contributed by atoms with Crippen molar-refractivity contribution in [3.63, 3.8) is 0 Å². The molecule has 124 valence electrons. The smallest absolute Gasteiger partial charge is 0.238 e. The van der Waals surface area contributed by atoms with Gasteiger partial charge < -0.3 is 4.57 Å². The van der Waals surface area contributed by atoms with Crippen LogP contribution in [0.2, 0.25) is 5.02 Å². The van der Waals surface area contributed by atoms with Crippen LogP contribution in [0.15, 0.2) is 65.6 Å². The predicted octanol–water partition coefficient (Wildman–Crippen LogP) is 3.81. The fraction of sp³-hybridized carbons (Fsp3) is 0.111. The SMILES string of the molecule is Cc1ccc(-c2ccccc2Cl)n1Cc1ccc(S(N)(=O)=O)cc1. The van der Waals surface area contributed by atoms with Gasteiger partial charge in [-0.1, -0.05) is 41.9 Å². The van der Waals surface area contributed by atoms with Gasteiger partial charge in [-0.25, -0.2) is 13.6 Å². The number of benzene rings is 2. The van der Waals surface area contributed by atoms with Gasteiger partial charge in [0.25, 0.3) is 0 Å². The molecule has 1 aromatic heterocycles. The molecule has 0 aliphatic heterocycles. The quantitative estimate of drug-likeness (QED) is 0.768. The third-order valence-corrected chi connectivity index (χ3v) is 5.20. The average molecular weight is 361 g/mol. The van der Waals surface area contributed by atoms with E-state index in [9.17, 15) is 8.42 Å². The van der Waals surface area contributed by atoms with Crippen molar-refractivity contribution in [2.24, 2.45) is 5.14 Å². The average Bonchev–Trinajstić information content (AvgIpc) is 2.89. The Morgan fingerprint density at radius 3 is 2.29 bits per heavy atom. The lowest BCUT2D eigenvalue weighted by molar-refractivity contribution is 0.597. The number of aryl methyl sites for hydroxylation is 1. The minimum Gasteiger partial charge on any atom is -0.340 e. The Labute approximate surface area is 146 Å². The summed E-state index contributed by atoms with van der Waals surface area (Å²) in [4.78, 5) is 0.113. The highest BCUT2D eigenvalue weighted by molar-refractivity contribution is 7.89. The lowest BCUT2D eigenvalue weighted by Crippen LogP contribution is -2.12. The van der Waals surface area contributed by atoms with Crippen LogP contribution in [-0.4, -0.2) is 13.0 Å². The molecular formula is C18H17ClN2O2S. The number of nitrogens with zero attached hydrogens (tertiary/aromatic N) is 1. The maximum atomic E-state index is 11.3. The summed E-state index contributed by atoms with van der Waals surface area (Å²) in [6.07, 6.45) is 0. The highest BCUT2D eigenvalue weighted by atomic mass is 35.5. The van der Waals surface area contributed by atoms with Crippen LogP contribution < -0.4 is 5.14 Å². The van der Waals surface area contributed by atoms with Gasteiger partial charge >= 0.3 is 0 Å². The van der Waals surface area contributed by atoms with Crippen molar-refractivity contribution < 1.29 is 8.42 Å². The first-order valence-electron chi connectivity index (χ1n) is 7.39. The summed E-state index contributed by atoms with van der Waals surface area (Å²) < 4.78 is 24.8. The Hall–Kier alpha value is -2.08. The number of hydrogen-bond acceptors (Lipinski definition) is 2. The molecule has 0 spiro atoms. The Kier molecular flexibility index (Phi) is 4.49. The van der Waals surface area contributed by atoms with Crippen molar-refractivity contribution in [1.29, 1.82) is 0 Å². The van der Waals surface area contributed by atoms with Gasteiger partial charge in [0, 0.05) is 22.8 Å². The van der Waals surface area contributed by atoms with Gasteiger partial charge in [0.2, 0.25) is 10.0 Å². The molecule has 0 fully saturated rings. The van der Waals surface area contributed by atoms with Crippen molar-refractivity contribution in [3.05, 3.63) is 76.9 Å². The van der Waals surface area contributed by atoms with Crippen molar-refractivity contribution in [1.82, 2.24) is 4.57 Å². The molecule has 0 atom stereocenters. The number of primary sulfonamides is 1. The topological polar surface area (TPSA) is 65.1 Å². The summed E-state index contributed by atoms with van der Waals surface area (Å²) in [6, 6.07) is 18.4. The maximum Gasteiger partial charge on any atom is 0.238 e. The molecule has 1 heterocycles. The van der Waals surface area contributed by atoms with Gasteiger partial charge in [0.05, 0.1) is 10.6 Å². The van der Waals surface area contributed by atoms with Crippen LogP contribution in [-0.2, 0) is 16.6 Å². The Morgan fingerprint density at radius 1 is 1.00 bits per heavy atom. The van der Waals surface area contributed by atoms with Crippen LogP contribution >= 0.6 is 11.6 Å². The minimum absolute atomic E-state index is 0.113. The third kappa shape index (κ3) is 3.38. The zero-order chi connectivity index (χ0) is 17.3. The zero-order valence-electron chi connectivity index (χ0n) is 13.1. The lowest BCUT2D eigenvalue weighted by Gasteiger charge is -2.13. The Morgan fingerprint density at radius 2 is 1.67 bits per heavy atom. The number of nitrogens with two attached hydrogens (primary N) is 1. The first-order chi connectivity index (χ1) is 11.4. The van der Waals surface area contributed by atoms with Gasteiger partial charge in [0.1, 0.15) is 0 Å². The highest BCUT2D eigenvalue weighted by Crippen LogP contribution is 2.29. The van der Waals surface area contributed by atoms with Crippen molar-refractivity contribution in [2.75, 3.05) is 0 Å². The van der Waals surface area contributed by atoms with Crippen LogP contribution in [0.1, 0.15) is 11.3 Å². The third-order valence-electron chi connectivity index (χ3n) is 3.94. The molecule has 4 nitrogen and oxygen atoms in total. The highest BCUT2D eigenvalue weighted by Gasteiger charge is 2.12. The summed E-state index contributed by atoms with van der Waals surface area (Å²) in [5, 5.41) is 5.83. The second kappa shape index (κ2) is 6.43. The molecule has 0 saturated heterocycles. The molecule has 3 rings (SSSR count). The van der Waals surface area contributed by atoms with E-state index in [1.54, 1.807) is 12.1 Å². The summed E-state index contributed by atoms with van der Waals surface area (Å²) >= 11 is 6.32. The minimum atomic E-state index is -3.67. The first-order valence-corrected chi connectivity index (χ1v) is 9.31. The van der Waals surface area contributed by atoms with E-state index in [0.29, 0.717) is 11.6 Å². The van der Waals surface area contributed by atoms with E-state index >= 15 is 0 Å². The Balaban J connectivity index is 1.97. The van der Waals surface area contributed by atoms with E-state index in [4.69, 9.17) is 16.7 Å². The van der Waals surface area contributed by atoms with E-state index < -0.39 is 10.0 Å². The summed E-state index contributed by atoms with van der Waals surface area (Å²) in [7, 11) is -3.67. The molecule has 0 radical (unpaired) electrons. The molecule has 0 aliphatic rings. The molecule has 6 heteroatoms. The van der Waals surface area contributed by atoms with E-state index in [1.807, 2.05) is 43.3 Å². The molecule has 3 aromatic rings.